The second kappa shape index (κ2) is 13.5. The summed E-state index contributed by atoms with van der Waals surface area (Å²) in [7, 11) is -2.33. The number of piperazine rings is 1. The Hall–Kier alpha value is -4.37. The molecular weight excluding hydrogens is 621 g/mol. The highest BCUT2D eigenvalue weighted by atomic mass is 32.2. The van der Waals surface area contributed by atoms with Gasteiger partial charge in [-0.1, -0.05) is 18.2 Å². The smallest absolute Gasteiger partial charge is 0.340 e. The van der Waals surface area contributed by atoms with E-state index in [2.05, 4.69) is 20.2 Å². The molecule has 1 aliphatic rings. The molecule has 0 atom stereocenters. The summed E-state index contributed by atoms with van der Waals surface area (Å²) in [6.07, 6.45) is 0.975. The zero-order chi connectivity index (χ0) is 33.1. The van der Waals surface area contributed by atoms with Gasteiger partial charge in [0.05, 0.1) is 17.5 Å². The van der Waals surface area contributed by atoms with Gasteiger partial charge in [-0.05, 0) is 73.1 Å². The van der Waals surface area contributed by atoms with Crippen molar-refractivity contribution in [3.05, 3.63) is 102 Å². The number of hydrogen-bond acceptors (Lipinski definition) is 9. The number of pyridine rings is 2. The Balaban J connectivity index is 1.46. The van der Waals surface area contributed by atoms with E-state index >= 15 is 0 Å². The van der Waals surface area contributed by atoms with E-state index < -0.39 is 27.8 Å². The fourth-order valence-electron chi connectivity index (χ4n) is 5.03. The van der Waals surface area contributed by atoms with Gasteiger partial charge in [-0.15, -0.1) is 4.28 Å². The summed E-state index contributed by atoms with van der Waals surface area (Å²) < 4.78 is 72.3. The number of carbonyl (C=O) groups is 1. The second-order valence-corrected chi connectivity index (χ2v) is 12.7. The minimum absolute atomic E-state index is 0.0204. The number of nitrogens with zero attached hydrogens (tertiary/aromatic N) is 5. The van der Waals surface area contributed by atoms with Crippen LogP contribution in [0, 0.1) is 6.92 Å². The minimum atomic E-state index is -4.75. The monoisotopic (exact) mass is 654 g/mol. The molecule has 0 saturated carbocycles. The molecule has 1 saturated heterocycles. The molecule has 0 spiro atoms. The van der Waals surface area contributed by atoms with E-state index in [0.717, 1.165) is 42.1 Å². The summed E-state index contributed by atoms with van der Waals surface area (Å²) in [6.45, 7) is 4.53. The van der Waals surface area contributed by atoms with E-state index in [1.807, 2.05) is 30.1 Å². The number of aryl methyl sites for hydroxylation is 1. The van der Waals surface area contributed by atoms with E-state index in [1.165, 1.54) is 24.3 Å². The molecule has 0 unspecified atom stereocenters. The Bertz CT molecular complexity index is 1810. The molecule has 1 amide bonds. The van der Waals surface area contributed by atoms with Gasteiger partial charge in [-0.25, -0.2) is 4.98 Å². The van der Waals surface area contributed by atoms with Crippen LogP contribution in [0.25, 0.3) is 11.1 Å². The summed E-state index contributed by atoms with van der Waals surface area (Å²) in [5.41, 5.74) is 1.52. The average Bonchev–Trinajstić information content (AvgIpc) is 3.01. The third-order valence-electron chi connectivity index (χ3n) is 7.52. The molecule has 0 bridgehead atoms. The van der Waals surface area contributed by atoms with Gasteiger partial charge < -0.3 is 10.2 Å². The number of likely N-dealkylation sites (N-methyl/N-ethyl adjacent to an activating group) is 1. The maximum absolute atomic E-state index is 14.2. The lowest BCUT2D eigenvalue weighted by molar-refractivity contribution is -0.138. The number of halogens is 3. The van der Waals surface area contributed by atoms with Crippen LogP contribution < -0.4 is 10.4 Å². The molecule has 3 heterocycles. The van der Waals surface area contributed by atoms with Crippen molar-refractivity contribution in [2.24, 2.45) is 0 Å². The number of anilines is 3. The molecule has 4 aromatic rings. The van der Waals surface area contributed by atoms with Gasteiger partial charge in [0.15, 0.2) is 0 Å². The highest BCUT2D eigenvalue weighted by Gasteiger charge is 2.35. The normalized spacial score (nSPS) is 14.7. The van der Waals surface area contributed by atoms with Crippen LogP contribution >= 0.6 is 0 Å². The van der Waals surface area contributed by atoms with Crippen molar-refractivity contribution in [2.45, 2.75) is 19.6 Å². The Kier molecular flexibility index (Phi) is 9.72. The van der Waals surface area contributed by atoms with Crippen molar-refractivity contribution in [2.75, 3.05) is 49.9 Å². The van der Waals surface area contributed by atoms with E-state index in [4.69, 9.17) is 4.28 Å². The van der Waals surface area contributed by atoms with Gasteiger partial charge in [0.1, 0.15) is 5.82 Å². The minimum Gasteiger partial charge on any atom is -0.340 e. The molecule has 1 fully saturated rings. The summed E-state index contributed by atoms with van der Waals surface area (Å²) in [5.74, 6) is -0.636. The zero-order valence-corrected chi connectivity index (χ0v) is 26.3. The van der Waals surface area contributed by atoms with Gasteiger partial charge in [-0.2, -0.15) is 26.7 Å². The van der Waals surface area contributed by atoms with Crippen molar-refractivity contribution in [1.29, 1.82) is 0 Å². The van der Waals surface area contributed by atoms with Crippen molar-refractivity contribution in [1.82, 2.24) is 19.8 Å². The number of alkyl halides is 3. The first-order chi connectivity index (χ1) is 21.8. The van der Waals surface area contributed by atoms with Crippen LogP contribution in [0.5, 0.6) is 0 Å². The van der Waals surface area contributed by atoms with Crippen LogP contribution in [0.3, 0.4) is 0 Å². The lowest BCUT2D eigenvalue weighted by atomic mass is 10.0. The largest absolute Gasteiger partial charge is 0.416 e. The van der Waals surface area contributed by atoms with Crippen LogP contribution in [-0.4, -0.2) is 73.6 Å². The van der Waals surface area contributed by atoms with Crippen LogP contribution in [0.15, 0.2) is 79.3 Å². The number of benzene rings is 2. The van der Waals surface area contributed by atoms with Gasteiger partial charge in [0.2, 0.25) is 0 Å². The fraction of sp³-hybridized carbons (Fsp3) is 0.281. The first kappa shape index (κ1) is 33.0. The molecule has 1 N–H and O–H groups in total. The molecule has 46 heavy (non-hydrogen) atoms. The van der Waals surface area contributed by atoms with Crippen molar-refractivity contribution < 1.29 is 30.7 Å². The van der Waals surface area contributed by atoms with E-state index in [0.29, 0.717) is 29.7 Å². The molecule has 2 aromatic heterocycles. The molecule has 5 rings (SSSR count). The number of carbonyl (C=O) groups excluding carboxylic acids is 1. The molecule has 14 heteroatoms. The molecule has 242 valence electrons. The maximum atomic E-state index is 14.2. The highest BCUT2D eigenvalue weighted by molar-refractivity contribution is 7.86. The number of amides is 1. The second-order valence-electron chi connectivity index (χ2n) is 11.1. The SMILES string of the molecule is Cc1ccc(N(OS(C)(=O)=O)C(=O)c2ccc(CN3CCN(C)CC3)c(C(F)(F)F)c2)cc1Nc1cc(-c2cccnc2)ccn1. The Morgan fingerprint density at radius 2 is 1.76 bits per heavy atom. The van der Waals surface area contributed by atoms with Crippen LogP contribution in [0.2, 0.25) is 0 Å². The standard InChI is InChI=1S/C32H33F3N6O4S/c1-22-6-9-27(19-29(22)38-30-18-23(10-12-37-30)25-5-4-11-36-20-25)41(45-46(3,43)44)31(42)24-7-8-26(28(17-24)32(33,34)35)21-40-15-13-39(2)14-16-40/h4-12,17-20H,13-16,21H2,1-3H3,(H,37,38). The van der Waals surface area contributed by atoms with Crippen molar-refractivity contribution in [3.63, 3.8) is 0 Å². The van der Waals surface area contributed by atoms with Gasteiger partial charge >= 0.3 is 6.18 Å². The lowest BCUT2D eigenvalue weighted by Crippen LogP contribution is -2.44. The van der Waals surface area contributed by atoms with E-state index in [-0.39, 0.29) is 23.4 Å². The Labute approximate surface area is 265 Å². The highest BCUT2D eigenvalue weighted by Crippen LogP contribution is 2.35. The molecule has 0 aliphatic carbocycles. The maximum Gasteiger partial charge on any atom is 0.416 e. The summed E-state index contributed by atoms with van der Waals surface area (Å²) in [5, 5.41) is 3.65. The molecule has 0 radical (unpaired) electrons. The lowest BCUT2D eigenvalue weighted by Gasteiger charge is -2.33. The number of hydroxylamine groups is 1. The molecule has 1 aliphatic heterocycles. The van der Waals surface area contributed by atoms with Gasteiger partial charge in [0, 0.05) is 68.1 Å². The first-order valence-electron chi connectivity index (χ1n) is 14.4. The van der Waals surface area contributed by atoms with E-state index in [1.54, 1.807) is 37.6 Å². The predicted octanol–water partition coefficient (Wildman–Crippen LogP) is 5.50. The number of rotatable bonds is 9. The third kappa shape index (κ3) is 8.26. The Morgan fingerprint density at radius 3 is 2.43 bits per heavy atom. The van der Waals surface area contributed by atoms with Crippen LogP contribution in [-0.2, 0) is 27.1 Å². The summed E-state index contributed by atoms with van der Waals surface area (Å²) >= 11 is 0. The topological polar surface area (TPSA) is 108 Å². The number of nitrogens with one attached hydrogen (secondary N) is 1. The molecular formula is C32H33F3N6O4S. The van der Waals surface area contributed by atoms with Gasteiger partial charge in [-0.3, -0.25) is 14.7 Å². The first-order valence-corrected chi connectivity index (χ1v) is 16.2. The third-order valence-corrected chi connectivity index (χ3v) is 7.94. The van der Waals surface area contributed by atoms with Gasteiger partial charge in [0.25, 0.3) is 16.0 Å². The zero-order valence-electron chi connectivity index (χ0n) is 25.5. The molecule has 2 aromatic carbocycles. The fourth-order valence-corrected chi connectivity index (χ4v) is 5.45. The summed E-state index contributed by atoms with van der Waals surface area (Å²) in [4.78, 5) is 26.2. The predicted molar refractivity (Wildman–Crippen MR) is 169 cm³/mol. The van der Waals surface area contributed by atoms with E-state index in [9.17, 15) is 26.4 Å². The number of hydrogen-bond donors (Lipinski definition) is 1. The Morgan fingerprint density at radius 1 is 1.00 bits per heavy atom. The van der Waals surface area contributed by atoms with Crippen molar-refractivity contribution in [3.8, 4) is 11.1 Å². The quantitative estimate of drug-likeness (QED) is 0.234. The van der Waals surface area contributed by atoms with Crippen molar-refractivity contribution >= 4 is 33.2 Å². The van der Waals surface area contributed by atoms with Crippen LogP contribution in [0.4, 0.5) is 30.4 Å². The van der Waals surface area contributed by atoms with Crippen LogP contribution in [0.1, 0.15) is 27.0 Å². The summed E-state index contributed by atoms with van der Waals surface area (Å²) in [6, 6.07) is 15.1. The molecule has 10 nitrogen and oxygen atoms in total. The number of aromatic nitrogens is 2. The average molecular weight is 655 g/mol.